The number of nitrogens with zero attached hydrogens (tertiary/aromatic N) is 2. The van der Waals surface area contributed by atoms with Crippen LogP contribution in [-0.4, -0.2) is 21.7 Å². The predicted octanol–water partition coefficient (Wildman–Crippen LogP) is 4.62. The van der Waals surface area contributed by atoms with E-state index in [1.54, 1.807) is 25.3 Å². The summed E-state index contributed by atoms with van der Waals surface area (Å²) in [5.41, 5.74) is 1.41. The van der Waals surface area contributed by atoms with Crippen LogP contribution in [0.3, 0.4) is 0 Å². The minimum atomic E-state index is -3.29. The minimum absolute atomic E-state index is 0.231. The summed E-state index contributed by atoms with van der Waals surface area (Å²) in [7, 11) is 0. The van der Waals surface area contributed by atoms with Gasteiger partial charge in [-0.2, -0.15) is 8.78 Å². The van der Waals surface area contributed by atoms with E-state index in [1.165, 1.54) is 12.1 Å². The highest BCUT2D eigenvalue weighted by Crippen LogP contribution is 2.31. The number of benzene rings is 2. The molecule has 0 unspecified atom stereocenters. The van der Waals surface area contributed by atoms with E-state index in [0.717, 1.165) is 5.56 Å². The van der Waals surface area contributed by atoms with Gasteiger partial charge in [0.15, 0.2) is 11.6 Å². The zero-order chi connectivity index (χ0) is 20.9. The Labute approximate surface area is 168 Å². The van der Waals surface area contributed by atoms with Crippen LogP contribution in [-0.2, 0) is 12.5 Å². The fraction of sp³-hybridized carbons (Fsp3) is 0.273. The first kappa shape index (κ1) is 20.7. The highest BCUT2D eigenvalue weighted by atomic mass is 19.3. The summed E-state index contributed by atoms with van der Waals surface area (Å²) in [4.78, 5) is 8.59. The molecule has 1 atom stereocenters. The molecule has 0 aliphatic carbocycles. The van der Waals surface area contributed by atoms with Crippen molar-refractivity contribution in [3.05, 3.63) is 83.3 Å². The van der Waals surface area contributed by atoms with Gasteiger partial charge in [0.2, 0.25) is 0 Å². The van der Waals surface area contributed by atoms with Gasteiger partial charge in [-0.3, -0.25) is 0 Å². The number of aliphatic hydroxyl groups excluding tert-OH is 1. The van der Waals surface area contributed by atoms with Crippen LogP contribution in [0, 0.1) is 6.92 Å². The molecule has 0 saturated heterocycles. The van der Waals surface area contributed by atoms with Crippen LogP contribution in [0.5, 0.6) is 5.75 Å². The average molecular weight is 399 g/mol. The minimum Gasteiger partial charge on any atom is -0.483 e. The van der Waals surface area contributed by atoms with Crippen molar-refractivity contribution in [2.24, 2.45) is 0 Å². The molecular weight excluding hydrogens is 376 g/mol. The van der Waals surface area contributed by atoms with Crippen LogP contribution >= 0.6 is 0 Å². The molecule has 5 nitrogen and oxygen atoms in total. The van der Waals surface area contributed by atoms with E-state index in [2.05, 4.69) is 15.3 Å². The van der Waals surface area contributed by atoms with Crippen LogP contribution in [0.4, 0.5) is 14.6 Å². The Morgan fingerprint density at radius 3 is 2.62 bits per heavy atom. The zero-order valence-electron chi connectivity index (χ0n) is 16.3. The van der Waals surface area contributed by atoms with Crippen molar-refractivity contribution in [2.45, 2.75) is 32.4 Å². The first-order valence-electron chi connectivity index (χ1n) is 9.25. The summed E-state index contributed by atoms with van der Waals surface area (Å²) in [5, 5.41) is 12.2. The second kappa shape index (κ2) is 8.96. The molecule has 0 saturated carbocycles. The van der Waals surface area contributed by atoms with Crippen molar-refractivity contribution in [2.75, 3.05) is 11.9 Å². The smallest absolute Gasteiger partial charge is 0.295 e. The van der Waals surface area contributed by atoms with E-state index in [0.29, 0.717) is 29.6 Å². The van der Waals surface area contributed by atoms with Crippen molar-refractivity contribution >= 4 is 5.82 Å². The van der Waals surface area contributed by atoms with Gasteiger partial charge in [-0.1, -0.05) is 48.5 Å². The molecule has 3 rings (SSSR count). The van der Waals surface area contributed by atoms with Gasteiger partial charge in [-0.15, -0.1) is 0 Å². The van der Waals surface area contributed by atoms with Crippen molar-refractivity contribution in [3.63, 3.8) is 0 Å². The summed E-state index contributed by atoms with van der Waals surface area (Å²) in [6, 6.07) is 15.4. The number of hydrogen-bond donors (Lipinski definition) is 2. The van der Waals surface area contributed by atoms with Gasteiger partial charge in [-0.25, -0.2) is 9.97 Å². The molecule has 29 heavy (non-hydrogen) atoms. The average Bonchev–Trinajstić information content (AvgIpc) is 2.74. The Kier molecular flexibility index (Phi) is 6.39. The monoisotopic (exact) mass is 399 g/mol. The number of hydrogen-bond acceptors (Lipinski definition) is 5. The SMILES string of the molecule is Cc1ncc(OCc2ccccc2)c(N[C@H](C)c2cccc(C(F)(F)CO)c2)n1. The summed E-state index contributed by atoms with van der Waals surface area (Å²) in [6.45, 7) is 2.73. The molecule has 1 heterocycles. The Balaban J connectivity index is 1.79. The van der Waals surface area contributed by atoms with Gasteiger partial charge in [0.1, 0.15) is 19.0 Å². The molecule has 7 heteroatoms. The number of alkyl halides is 2. The molecule has 0 bridgehead atoms. The van der Waals surface area contributed by atoms with Crippen LogP contribution in [0.15, 0.2) is 60.8 Å². The van der Waals surface area contributed by atoms with E-state index < -0.39 is 12.5 Å². The summed E-state index contributed by atoms with van der Waals surface area (Å²) in [5.74, 6) is -1.76. The van der Waals surface area contributed by atoms with Crippen LogP contribution in [0.1, 0.15) is 35.5 Å². The van der Waals surface area contributed by atoms with Crippen molar-refractivity contribution in [3.8, 4) is 5.75 Å². The number of rotatable bonds is 8. The number of aryl methyl sites for hydroxylation is 1. The normalized spacial score (nSPS) is 12.4. The molecule has 0 fully saturated rings. The van der Waals surface area contributed by atoms with E-state index in [9.17, 15) is 8.78 Å². The first-order chi connectivity index (χ1) is 13.9. The van der Waals surface area contributed by atoms with Crippen LogP contribution in [0.25, 0.3) is 0 Å². The van der Waals surface area contributed by atoms with Crippen LogP contribution < -0.4 is 10.1 Å². The molecular formula is C22H23F2N3O2. The highest BCUT2D eigenvalue weighted by molar-refractivity contribution is 5.50. The number of nitrogens with one attached hydrogen (secondary N) is 1. The Bertz CT molecular complexity index is 952. The molecule has 0 radical (unpaired) electrons. The summed E-state index contributed by atoms with van der Waals surface area (Å²) >= 11 is 0. The van der Waals surface area contributed by atoms with E-state index in [1.807, 2.05) is 37.3 Å². The third-order valence-electron chi connectivity index (χ3n) is 4.47. The standard InChI is InChI=1S/C22H23F2N3O2/c1-15(18-9-6-10-19(11-18)22(23,24)14-28)26-21-20(12-25-16(2)27-21)29-13-17-7-4-3-5-8-17/h3-12,15,28H,13-14H2,1-2H3,(H,25,26,27)/t15-/m1/s1. The third kappa shape index (κ3) is 5.26. The molecule has 0 aliphatic rings. The van der Waals surface area contributed by atoms with Crippen molar-refractivity contribution < 1.29 is 18.6 Å². The molecule has 1 aromatic heterocycles. The van der Waals surface area contributed by atoms with E-state index >= 15 is 0 Å². The third-order valence-corrected chi connectivity index (χ3v) is 4.47. The second-order valence-electron chi connectivity index (χ2n) is 6.76. The summed E-state index contributed by atoms with van der Waals surface area (Å²) in [6.07, 6.45) is 1.59. The quantitative estimate of drug-likeness (QED) is 0.579. The Morgan fingerprint density at radius 2 is 1.90 bits per heavy atom. The predicted molar refractivity (Wildman–Crippen MR) is 107 cm³/mol. The number of halogens is 2. The largest absolute Gasteiger partial charge is 0.483 e. The lowest BCUT2D eigenvalue weighted by Crippen LogP contribution is -2.19. The lowest BCUT2D eigenvalue weighted by atomic mass is 10.0. The van der Waals surface area contributed by atoms with Gasteiger partial charge in [0, 0.05) is 5.56 Å². The second-order valence-corrected chi connectivity index (χ2v) is 6.76. The summed E-state index contributed by atoms with van der Waals surface area (Å²) < 4.78 is 33.5. The van der Waals surface area contributed by atoms with Crippen molar-refractivity contribution in [1.82, 2.24) is 9.97 Å². The maximum absolute atomic E-state index is 13.8. The number of aliphatic hydroxyl groups is 1. The zero-order valence-corrected chi connectivity index (χ0v) is 16.3. The topological polar surface area (TPSA) is 67.3 Å². The van der Waals surface area contributed by atoms with Crippen molar-refractivity contribution in [1.29, 1.82) is 0 Å². The highest BCUT2D eigenvalue weighted by Gasteiger charge is 2.30. The van der Waals surface area contributed by atoms with Gasteiger partial charge in [0.25, 0.3) is 5.92 Å². The molecule has 0 spiro atoms. The number of ether oxygens (including phenoxy) is 1. The Hall–Kier alpha value is -3.06. The maximum Gasteiger partial charge on any atom is 0.295 e. The fourth-order valence-electron chi connectivity index (χ4n) is 2.82. The number of aromatic nitrogens is 2. The molecule has 0 aliphatic heterocycles. The molecule has 2 aromatic carbocycles. The van der Waals surface area contributed by atoms with Gasteiger partial charge in [0.05, 0.1) is 12.2 Å². The fourth-order valence-corrected chi connectivity index (χ4v) is 2.82. The molecule has 3 aromatic rings. The van der Waals surface area contributed by atoms with Gasteiger partial charge >= 0.3 is 0 Å². The van der Waals surface area contributed by atoms with Gasteiger partial charge in [-0.05, 0) is 31.0 Å². The lowest BCUT2D eigenvalue weighted by molar-refractivity contribution is -0.0556. The van der Waals surface area contributed by atoms with E-state index in [-0.39, 0.29) is 11.6 Å². The number of anilines is 1. The maximum atomic E-state index is 13.8. The van der Waals surface area contributed by atoms with Gasteiger partial charge < -0.3 is 15.2 Å². The molecule has 2 N–H and O–H groups in total. The Morgan fingerprint density at radius 1 is 1.14 bits per heavy atom. The first-order valence-corrected chi connectivity index (χ1v) is 9.25. The van der Waals surface area contributed by atoms with E-state index in [4.69, 9.17) is 9.84 Å². The van der Waals surface area contributed by atoms with Crippen LogP contribution in [0.2, 0.25) is 0 Å². The molecule has 152 valence electrons. The molecule has 0 amide bonds. The lowest BCUT2D eigenvalue weighted by Gasteiger charge is -2.20.